The Hall–Kier alpha value is -2.61. The molecule has 0 bridgehead atoms. The largest absolute Gasteiger partial charge is 0.477 e. The van der Waals surface area contributed by atoms with E-state index in [-0.39, 0.29) is 18.8 Å². The third-order valence-electron chi connectivity index (χ3n) is 4.06. The van der Waals surface area contributed by atoms with Crippen molar-refractivity contribution in [3.63, 3.8) is 0 Å². The molecule has 0 aliphatic rings. The first-order valence-electron chi connectivity index (χ1n) is 7.73. The van der Waals surface area contributed by atoms with Crippen molar-refractivity contribution in [2.45, 2.75) is 13.2 Å². The number of fused-ring (bicyclic) bond motifs is 1. The number of thiophene rings is 1. The Balaban J connectivity index is 1.73. The van der Waals surface area contributed by atoms with Gasteiger partial charge in [-0.05, 0) is 35.9 Å². The van der Waals surface area contributed by atoms with Gasteiger partial charge in [-0.15, -0.1) is 11.3 Å². The fourth-order valence-corrected chi connectivity index (χ4v) is 3.87. The number of aliphatic hydroxyl groups is 1. The number of hydrogen-bond acceptors (Lipinski definition) is 5. The second kappa shape index (κ2) is 6.60. The summed E-state index contributed by atoms with van der Waals surface area (Å²) in [5.41, 5.74) is 2.24. The summed E-state index contributed by atoms with van der Waals surface area (Å²) in [4.78, 5) is 12.5. The first-order chi connectivity index (χ1) is 12.5. The summed E-state index contributed by atoms with van der Waals surface area (Å²) in [6.45, 7) is 0.158. The van der Waals surface area contributed by atoms with Crippen LogP contribution in [0, 0.1) is 0 Å². The predicted molar refractivity (Wildman–Crippen MR) is 98.7 cm³/mol. The fraction of sp³-hybridized carbons (Fsp3) is 0.111. The Labute approximate surface area is 156 Å². The van der Waals surface area contributed by atoms with E-state index in [0.29, 0.717) is 15.8 Å². The molecule has 0 spiro atoms. The van der Waals surface area contributed by atoms with E-state index in [4.69, 9.17) is 16.1 Å². The summed E-state index contributed by atoms with van der Waals surface area (Å²) in [6.07, 6.45) is 0. The van der Waals surface area contributed by atoms with Gasteiger partial charge in [0.15, 0.2) is 5.76 Å². The molecule has 8 heteroatoms. The van der Waals surface area contributed by atoms with Crippen LogP contribution in [-0.2, 0) is 13.2 Å². The van der Waals surface area contributed by atoms with Crippen molar-refractivity contribution in [3.8, 4) is 10.6 Å². The van der Waals surface area contributed by atoms with Crippen LogP contribution in [0.3, 0.4) is 0 Å². The van der Waals surface area contributed by atoms with Crippen molar-refractivity contribution in [1.82, 2.24) is 9.72 Å². The average molecular weight is 389 g/mol. The molecule has 0 aliphatic heterocycles. The highest BCUT2D eigenvalue weighted by atomic mass is 35.5. The molecule has 0 aliphatic carbocycles. The molecule has 0 amide bonds. The molecule has 3 aromatic heterocycles. The van der Waals surface area contributed by atoms with Crippen molar-refractivity contribution in [1.29, 1.82) is 0 Å². The van der Waals surface area contributed by atoms with Crippen LogP contribution in [0.2, 0.25) is 4.34 Å². The maximum absolute atomic E-state index is 11.6. The second-order valence-electron chi connectivity index (χ2n) is 5.76. The quantitative estimate of drug-likeness (QED) is 0.533. The van der Waals surface area contributed by atoms with Crippen molar-refractivity contribution < 1.29 is 19.5 Å². The number of carboxylic acid groups (broad SMARTS) is 1. The lowest BCUT2D eigenvalue weighted by atomic mass is 10.1. The predicted octanol–water partition coefficient (Wildman–Crippen LogP) is 4.25. The Morgan fingerprint density at radius 3 is 2.77 bits per heavy atom. The number of carboxylic acids is 1. The molecular formula is C18H13ClN2O4S. The second-order valence-corrected chi connectivity index (χ2v) is 7.47. The third kappa shape index (κ3) is 3.01. The zero-order chi connectivity index (χ0) is 18.3. The van der Waals surface area contributed by atoms with E-state index in [1.807, 2.05) is 6.07 Å². The molecule has 0 saturated carbocycles. The zero-order valence-corrected chi connectivity index (χ0v) is 14.9. The average Bonchev–Trinajstić information content (AvgIpc) is 3.33. The molecule has 2 N–H and O–H groups in total. The molecule has 132 valence electrons. The minimum atomic E-state index is -1.03. The third-order valence-corrected chi connectivity index (χ3v) is 5.31. The van der Waals surface area contributed by atoms with Crippen LogP contribution >= 0.6 is 22.9 Å². The van der Waals surface area contributed by atoms with E-state index < -0.39 is 5.97 Å². The number of hydrogen-bond donors (Lipinski definition) is 2. The smallest absolute Gasteiger partial charge is 0.352 e. The van der Waals surface area contributed by atoms with E-state index in [1.165, 1.54) is 11.3 Å². The Kier molecular flexibility index (Phi) is 4.28. The van der Waals surface area contributed by atoms with Gasteiger partial charge in [0.2, 0.25) is 0 Å². The molecule has 0 atom stereocenters. The molecule has 0 saturated heterocycles. The lowest BCUT2D eigenvalue weighted by Crippen LogP contribution is -2.09. The summed E-state index contributed by atoms with van der Waals surface area (Å²) in [6, 6.07) is 12.4. The summed E-state index contributed by atoms with van der Waals surface area (Å²) >= 11 is 7.33. The van der Waals surface area contributed by atoms with Crippen LogP contribution < -0.4 is 0 Å². The first-order valence-corrected chi connectivity index (χ1v) is 8.92. The molecule has 4 rings (SSSR count). The van der Waals surface area contributed by atoms with Crippen LogP contribution in [0.5, 0.6) is 0 Å². The normalized spacial score (nSPS) is 11.3. The van der Waals surface area contributed by atoms with Crippen molar-refractivity contribution >= 4 is 39.8 Å². The fourth-order valence-electron chi connectivity index (χ4n) is 2.88. The van der Waals surface area contributed by atoms with E-state index >= 15 is 0 Å². The molecule has 0 fully saturated rings. The molecular weight excluding hydrogens is 376 g/mol. The minimum absolute atomic E-state index is 0.0977. The number of halogens is 1. The Morgan fingerprint density at radius 2 is 2.08 bits per heavy atom. The van der Waals surface area contributed by atoms with Crippen molar-refractivity contribution in [2.24, 2.45) is 0 Å². The number of benzene rings is 1. The molecule has 1 aromatic carbocycles. The topological polar surface area (TPSA) is 88.5 Å². The van der Waals surface area contributed by atoms with Crippen LogP contribution in [0.4, 0.5) is 0 Å². The van der Waals surface area contributed by atoms with Gasteiger partial charge in [0, 0.05) is 17.0 Å². The molecule has 3 heterocycles. The number of rotatable bonds is 5. The van der Waals surface area contributed by atoms with E-state index in [0.717, 1.165) is 21.3 Å². The van der Waals surface area contributed by atoms with Gasteiger partial charge in [0.25, 0.3) is 0 Å². The minimum Gasteiger partial charge on any atom is -0.477 e. The highest BCUT2D eigenvalue weighted by Crippen LogP contribution is 2.32. The number of nitrogens with zero attached hydrogens (tertiary/aromatic N) is 2. The van der Waals surface area contributed by atoms with Gasteiger partial charge in [-0.3, -0.25) is 0 Å². The number of aliphatic hydroxyl groups excluding tert-OH is 1. The number of carbonyl (C=O) groups is 1. The maximum atomic E-state index is 11.6. The molecule has 0 unspecified atom stereocenters. The van der Waals surface area contributed by atoms with Crippen LogP contribution in [0.25, 0.3) is 21.5 Å². The van der Waals surface area contributed by atoms with Gasteiger partial charge in [-0.25, -0.2) is 4.79 Å². The van der Waals surface area contributed by atoms with Crippen LogP contribution in [0.15, 0.2) is 47.0 Å². The van der Waals surface area contributed by atoms with Crippen molar-refractivity contribution in [2.75, 3.05) is 0 Å². The highest BCUT2D eigenvalue weighted by Gasteiger charge is 2.17. The highest BCUT2D eigenvalue weighted by molar-refractivity contribution is 7.19. The SMILES string of the molecule is O=C(O)c1cc2cc(CO)ccc2n1Cc1cc(-c2ccc(Cl)s2)on1. The van der Waals surface area contributed by atoms with Gasteiger partial charge in [-0.1, -0.05) is 22.8 Å². The molecule has 6 nitrogen and oxygen atoms in total. The lowest BCUT2D eigenvalue weighted by molar-refractivity contribution is 0.0686. The monoisotopic (exact) mass is 388 g/mol. The lowest BCUT2D eigenvalue weighted by Gasteiger charge is -2.06. The van der Waals surface area contributed by atoms with Gasteiger partial charge < -0.3 is 19.3 Å². The standard InChI is InChI=1S/C18H13ClN2O4S/c19-17-4-3-16(26-17)15-7-12(20-25-15)8-21-13-2-1-10(9-22)5-11(13)6-14(21)18(23)24/h1-7,22H,8-9H2,(H,23,24). The molecule has 0 radical (unpaired) electrons. The number of aromatic carboxylic acids is 1. The zero-order valence-electron chi connectivity index (χ0n) is 13.3. The molecule has 4 aromatic rings. The molecule has 26 heavy (non-hydrogen) atoms. The van der Waals surface area contributed by atoms with E-state index in [2.05, 4.69) is 5.16 Å². The van der Waals surface area contributed by atoms with E-state index in [9.17, 15) is 15.0 Å². The van der Waals surface area contributed by atoms with Crippen molar-refractivity contribution in [3.05, 3.63) is 63.8 Å². The Bertz CT molecular complexity index is 1110. The number of aromatic nitrogens is 2. The van der Waals surface area contributed by atoms with Gasteiger partial charge >= 0.3 is 5.97 Å². The van der Waals surface area contributed by atoms with Gasteiger partial charge in [-0.2, -0.15) is 0 Å². The van der Waals surface area contributed by atoms with E-state index in [1.54, 1.807) is 41.0 Å². The van der Waals surface area contributed by atoms with Gasteiger partial charge in [0.05, 0.1) is 22.4 Å². The summed E-state index contributed by atoms with van der Waals surface area (Å²) < 4.78 is 7.69. The summed E-state index contributed by atoms with van der Waals surface area (Å²) in [5.74, 6) is -0.437. The Morgan fingerprint density at radius 1 is 1.23 bits per heavy atom. The first kappa shape index (κ1) is 16.8. The van der Waals surface area contributed by atoms with Gasteiger partial charge in [0.1, 0.15) is 11.4 Å². The summed E-state index contributed by atoms with van der Waals surface area (Å²) in [5, 5.41) is 23.6. The summed E-state index contributed by atoms with van der Waals surface area (Å²) in [7, 11) is 0. The maximum Gasteiger partial charge on any atom is 0.352 e. The van der Waals surface area contributed by atoms with Crippen LogP contribution in [0.1, 0.15) is 21.7 Å². The van der Waals surface area contributed by atoms with Crippen LogP contribution in [-0.4, -0.2) is 25.9 Å².